The molecule has 104 valence electrons. The minimum absolute atomic E-state index is 0.256. The highest BCUT2D eigenvalue weighted by atomic mass is 16.5. The van der Waals surface area contributed by atoms with Gasteiger partial charge >= 0.3 is 0 Å². The number of hydrogen-bond donors (Lipinski definition) is 0. The molecule has 2 rings (SSSR count). The Labute approximate surface area is 115 Å². The zero-order valence-corrected chi connectivity index (χ0v) is 11.9. The Morgan fingerprint density at radius 2 is 1.74 bits per heavy atom. The summed E-state index contributed by atoms with van der Waals surface area (Å²) in [6.07, 6.45) is 1.57. The SMILES string of the molecule is CCN(CC)C(=O)C1(c2ccccc2)CCOCC1. The van der Waals surface area contributed by atoms with E-state index in [-0.39, 0.29) is 11.3 Å². The molecule has 3 heteroatoms. The highest BCUT2D eigenvalue weighted by Crippen LogP contribution is 2.36. The van der Waals surface area contributed by atoms with Crippen molar-refractivity contribution < 1.29 is 9.53 Å². The van der Waals surface area contributed by atoms with Crippen molar-refractivity contribution in [2.24, 2.45) is 0 Å². The van der Waals surface area contributed by atoms with E-state index in [1.165, 1.54) is 0 Å². The first-order valence-corrected chi connectivity index (χ1v) is 7.17. The molecule has 0 aliphatic carbocycles. The molecule has 0 saturated carbocycles. The highest BCUT2D eigenvalue weighted by Gasteiger charge is 2.43. The van der Waals surface area contributed by atoms with E-state index in [4.69, 9.17) is 4.74 Å². The zero-order chi connectivity index (χ0) is 13.7. The number of carbonyl (C=O) groups is 1. The number of likely N-dealkylation sites (N-methyl/N-ethyl adjacent to an activating group) is 1. The summed E-state index contributed by atoms with van der Waals surface area (Å²) in [5.41, 5.74) is 0.751. The molecule has 1 aromatic rings. The zero-order valence-electron chi connectivity index (χ0n) is 11.9. The summed E-state index contributed by atoms with van der Waals surface area (Å²) in [7, 11) is 0. The number of amides is 1. The van der Waals surface area contributed by atoms with E-state index in [0.29, 0.717) is 13.2 Å². The Hall–Kier alpha value is -1.35. The standard InChI is InChI=1S/C16H23NO2/c1-3-17(4-2)15(18)16(10-12-19-13-11-16)14-8-6-5-7-9-14/h5-9H,3-4,10-13H2,1-2H3. The van der Waals surface area contributed by atoms with Crippen molar-refractivity contribution in [3.05, 3.63) is 35.9 Å². The van der Waals surface area contributed by atoms with Crippen molar-refractivity contribution in [2.45, 2.75) is 32.1 Å². The van der Waals surface area contributed by atoms with E-state index < -0.39 is 0 Å². The van der Waals surface area contributed by atoms with E-state index in [2.05, 4.69) is 12.1 Å². The second-order valence-corrected chi connectivity index (χ2v) is 5.04. The average Bonchev–Trinajstić information content (AvgIpc) is 2.50. The number of benzene rings is 1. The third-order valence-electron chi connectivity index (χ3n) is 4.13. The van der Waals surface area contributed by atoms with Gasteiger partial charge in [0.25, 0.3) is 0 Å². The van der Waals surface area contributed by atoms with Crippen molar-refractivity contribution in [1.29, 1.82) is 0 Å². The average molecular weight is 261 g/mol. The lowest BCUT2D eigenvalue weighted by molar-refractivity contribution is -0.141. The third kappa shape index (κ3) is 2.66. The molecule has 19 heavy (non-hydrogen) atoms. The Morgan fingerprint density at radius 1 is 1.16 bits per heavy atom. The number of rotatable bonds is 4. The van der Waals surface area contributed by atoms with E-state index in [0.717, 1.165) is 31.5 Å². The number of ether oxygens (including phenoxy) is 1. The molecule has 1 aromatic carbocycles. The van der Waals surface area contributed by atoms with Gasteiger partial charge in [-0.3, -0.25) is 4.79 Å². The van der Waals surface area contributed by atoms with Crippen LogP contribution in [0.1, 0.15) is 32.3 Å². The van der Waals surface area contributed by atoms with Gasteiger partial charge in [-0.2, -0.15) is 0 Å². The Morgan fingerprint density at radius 3 is 2.26 bits per heavy atom. The van der Waals surface area contributed by atoms with Crippen LogP contribution in [0.5, 0.6) is 0 Å². The molecule has 3 nitrogen and oxygen atoms in total. The van der Waals surface area contributed by atoms with Gasteiger partial charge in [-0.15, -0.1) is 0 Å². The second kappa shape index (κ2) is 6.20. The number of hydrogen-bond acceptors (Lipinski definition) is 2. The Kier molecular flexibility index (Phi) is 4.59. The molecule has 1 aliphatic rings. The van der Waals surface area contributed by atoms with Crippen LogP contribution in [0.4, 0.5) is 0 Å². The van der Waals surface area contributed by atoms with Crippen LogP contribution in [0, 0.1) is 0 Å². The smallest absolute Gasteiger partial charge is 0.233 e. The molecule has 1 heterocycles. The van der Waals surface area contributed by atoms with Crippen LogP contribution >= 0.6 is 0 Å². The van der Waals surface area contributed by atoms with Crippen molar-refractivity contribution in [2.75, 3.05) is 26.3 Å². The monoisotopic (exact) mass is 261 g/mol. The predicted octanol–water partition coefficient (Wildman–Crippen LogP) is 2.60. The molecule has 1 aliphatic heterocycles. The van der Waals surface area contributed by atoms with E-state index in [1.807, 2.05) is 36.9 Å². The van der Waals surface area contributed by atoms with Gasteiger partial charge in [-0.1, -0.05) is 30.3 Å². The van der Waals surface area contributed by atoms with Crippen LogP contribution in [-0.4, -0.2) is 37.1 Å². The van der Waals surface area contributed by atoms with Gasteiger partial charge in [0.05, 0.1) is 5.41 Å². The maximum atomic E-state index is 13.0. The summed E-state index contributed by atoms with van der Waals surface area (Å²) in [6, 6.07) is 10.2. The lowest BCUT2D eigenvalue weighted by Gasteiger charge is -2.39. The lowest BCUT2D eigenvalue weighted by atomic mass is 9.73. The normalized spacial score (nSPS) is 18.0. The molecule has 1 fully saturated rings. The molecule has 0 radical (unpaired) electrons. The van der Waals surface area contributed by atoms with Gasteiger partial charge in [0.1, 0.15) is 0 Å². The maximum Gasteiger partial charge on any atom is 0.233 e. The summed E-state index contributed by atoms with van der Waals surface area (Å²) < 4.78 is 5.47. The summed E-state index contributed by atoms with van der Waals surface area (Å²) in [6.45, 7) is 6.96. The van der Waals surface area contributed by atoms with Crippen LogP contribution in [0.15, 0.2) is 30.3 Å². The first-order chi connectivity index (χ1) is 9.24. The molecule has 1 saturated heterocycles. The molecule has 0 spiro atoms. The summed E-state index contributed by atoms with van der Waals surface area (Å²) in [5.74, 6) is 0.256. The van der Waals surface area contributed by atoms with Gasteiger partial charge in [-0.25, -0.2) is 0 Å². The fourth-order valence-corrected chi connectivity index (χ4v) is 2.92. The maximum absolute atomic E-state index is 13.0. The van der Waals surface area contributed by atoms with Crippen molar-refractivity contribution in [3.63, 3.8) is 0 Å². The molecule has 0 unspecified atom stereocenters. The van der Waals surface area contributed by atoms with Crippen molar-refractivity contribution in [3.8, 4) is 0 Å². The minimum atomic E-state index is -0.383. The highest BCUT2D eigenvalue weighted by molar-refractivity contribution is 5.88. The van der Waals surface area contributed by atoms with Crippen molar-refractivity contribution in [1.82, 2.24) is 4.90 Å². The Bertz CT molecular complexity index is 406. The van der Waals surface area contributed by atoms with Gasteiger partial charge in [-0.05, 0) is 32.3 Å². The third-order valence-corrected chi connectivity index (χ3v) is 4.13. The molecule has 1 amide bonds. The van der Waals surface area contributed by atoms with Crippen LogP contribution in [0.2, 0.25) is 0 Å². The quantitative estimate of drug-likeness (QED) is 0.834. The summed E-state index contributed by atoms with van der Waals surface area (Å²) >= 11 is 0. The van der Waals surface area contributed by atoms with Gasteiger partial charge in [0.2, 0.25) is 5.91 Å². The molecular weight excluding hydrogens is 238 g/mol. The second-order valence-electron chi connectivity index (χ2n) is 5.04. The Balaban J connectivity index is 2.37. The fourth-order valence-electron chi connectivity index (χ4n) is 2.92. The molecule has 0 atom stereocenters. The number of nitrogens with zero attached hydrogens (tertiary/aromatic N) is 1. The number of carbonyl (C=O) groups excluding carboxylic acids is 1. The topological polar surface area (TPSA) is 29.5 Å². The van der Waals surface area contributed by atoms with Gasteiger partial charge in [0, 0.05) is 26.3 Å². The van der Waals surface area contributed by atoms with Crippen molar-refractivity contribution >= 4 is 5.91 Å². The lowest BCUT2D eigenvalue weighted by Crippen LogP contribution is -2.49. The first kappa shape index (κ1) is 14.1. The largest absolute Gasteiger partial charge is 0.381 e. The summed E-state index contributed by atoms with van der Waals surface area (Å²) in [4.78, 5) is 14.9. The molecule has 0 aromatic heterocycles. The van der Waals surface area contributed by atoms with Gasteiger partial charge < -0.3 is 9.64 Å². The van der Waals surface area contributed by atoms with Crippen LogP contribution in [0.25, 0.3) is 0 Å². The minimum Gasteiger partial charge on any atom is -0.381 e. The molecule has 0 bridgehead atoms. The fraction of sp³-hybridized carbons (Fsp3) is 0.562. The molecular formula is C16H23NO2. The molecule has 0 N–H and O–H groups in total. The van der Waals surface area contributed by atoms with Crippen LogP contribution in [0.3, 0.4) is 0 Å². The van der Waals surface area contributed by atoms with E-state index in [9.17, 15) is 4.79 Å². The van der Waals surface area contributed by atoms with Crippen LogP contribution in [-0.2, 0) is 14.9 Å². The van der Waals surface area contributed by atoms with Gasteiger partial charge in [0.15, 0.2) is 0 Å². The predicted molar refractivity (Wildman–Crippen MR) is 76.1 cm³/mol. The van der Waals surface area contributed by atoms with E-state index >= 15 is 0 Å². The van der Waals surface area contributed by atoms with E-state index in [1.54, 1.807) is 0 Å². The summed E-state index contributed by atoms with van der Waals surface area (Å²) in [5, 5.41) is 0. The first-order valence-electron chi connectivity index (χ1n) is 7.17. The van der Waals surface area contributed by atoms with Crippen LogP contribution < -0.4 is 0 Å².